The van der Waals surface area contributed by atoms with Gasteiger partial charge in [0.1, 0.15) is 0 Å². The minimum Gasteiger partial charge on any atom is -0.449 e. The third-order valence-electron chi connectivity index (χ3n) is 6.66. The number of carbonyl (C=O) groups excluding carboxylic acids is 2. The molecule has 1 saturated carbocycles. The Hall–Kier alpha value is -0.240. The highest BCUT2D eigenvalue weighted by molar-refractivity contribution is 8.24. The van der Waals surface area contributed by atoms with Crippen molar-refractivity contribution in [3.8, 4) is 0 Å². The number of rotatable bonds is 4. The third kappa shape index (κ3) is 2.31. The standard InChI is InChI=1S/C17H26O5S2/c1-14(2)15(3)6-7-17(14,22-12(15)18)13(19)24-11-10-16(20-4,21-5)8-9-23-11/h11H,6-10H2,1-5H3. The summed E-state index contributed by atoms with van der Waals surface area (Å²) in [7, 11) is 3.29. The van der Waals surface area contributed by atoms with Crippen LogP contribution in [0.15, 0.2) is 0 Å². The molecular weight excluding hydrogens is 348 g/mol. The summed E-state index contributed by atoms with van der Waals surface area (Å²) in [4.78, 5) is 25.5. The monoisotopic (exact) mass is 374 g/mol. The van der Waals surface area contributed by atoms with E-state index in [0.29, 0.717) is 19.3 Å². The average molecular weight is 375 g/mol. The molecule has 0 amide bonds. The minimum absolute atomic E-state index is 0.0254. The van der Waals surface area contributed by atoms with Gasteiger partial charge in [0, 0.05) is 32.5 Å². The van der Waals surface area contributed by atoms with Gasteiger partial charge in [0.2, 0.25) is 5.12 Å². The number of esters is 1. The fourth-order valence-electron chi connectivity index (χ4n) is 4.21. The molecule has 0 radical (unpaired) electrons. The fraction of sp³-hybridized carbons (Fsp3) is 0.882. The third-order valence-corrected chi connectivity index (χ3v) is 9.31. The Morgan fingerprint density at radius 1 is 1.21 bits per heavy atom. The molecule has 136 valence electrons. The number of ether oxygens (including phenoxy) is 3. The van der Waals surface area contributed by atoms with Crippen LogP contribution in [0.5, 0.6) is 0 Å². The first-order chi connectivity index (χ1) is 11.2. The molecule has 3 atom stereocenters. The van der Waals surface area contributed by atoms with Gasteiger partial charge in [-0.05, 0) is 25.5 Å². The molecule has 0 aromatic heterocycles. The molecule has 5 nitrogen and oxygen atoms in total. The first-order valence-corrected chi connectivity index (χ1v) is 10.3. The Labute approximate surface area is 151 Å². The summed E-state index contributed by atoms with van der Waals surface area (Å²) in [6.45, 7) is 5.91. The number of hydrogen-bond acceptors (Lipinski definition) is 7. The Morgan fingerprint density at radius 3 is 2.38 bits per heavy atom. The van der Waals surface area contributed by atoms with E-state index >= 15 is 0 Å². The molecule has 2 bridgehead atoms. The number of carbonyl (C=O) groups is 2. The van der Waals surface area contributed by atoms with Crippen molar-refractivity contribution in [3.63, 3.8) is 0 Å². The van der Waals surface area contributed by atoms with Crippen LogP contribution in [0.25, 0.3) is 0 Å². The van der Waals surface area contributed by atoms with Gasteiger partial charge < -0.3 is 14.2 Å². The highest BCUT2D eigenvalue weighted by Gasteiger charge is 2.75. The Bertz CT molecular complexity index is 559. The van der Waals surface area contributed by atoms with E-state index in [1.807, 2.05) is 20.8 Å². The molecule has 2 heterocycles. The first kappa shape index (κ1) is 18.5. The normalized spacial score (nSPS) is 39.7. The van der Waals surface area contributed by atoms with Crippen molar-refractivity contribution in [1.29, 1.82) is 0 Å². The van der Waals surface area contributed by atoms with Crippen molar-refractivity contribution in [2.75, 3.05) is 20.0 Å². The van der Waals surface area contributed by atoms with Gasteiger partial charge in [0.15, 0.2) is 11.4 Å². The Morgan fingerprint density at radius 2 is 1.88 bits per heavy atom. The number of hydrogen-bond donors (Lipinski definition) is 0. The van der Waals surface area contributed by atoms with E-state index in [0.717, 1.165) is 12.2 Å². The molecule has 0 spiro atoms. The van der Waals surface area contributed by atoms with Crippen molar-refractivity contribution < 1.29 is 23.8 Å². The Kier molecular flexibility index (Phi) is 4.56. The number of fused-ring (bicyclic) bond motifs is 2. The van der Waals surface area contributed by atoms with Crippen LogP contribution in [0, 0.1) is 10.8 Å². The quantitative estimate of drug-likeness (QED) is 0.553. The summed E-state index contributed by atoms with van der Waals surface area (Å²) in [5.41, 5.74) is -2.05. The zero-order chi connectivity index (χ0) is 17.8. The van der Waals surface area contributed by atoms with Crippen LogP contribution in [-0.2, 0) is 23.8 Å². The highest BCUT2D eigenvalue weighted by atomic mass is 32.2. The van der Waals surface area contributed by atoms with E-state index in [4.69, 9.17) is 14.2 Å². The van der Waals surface area contributed by atoms with Gasteiger partial charge in [-0.15, -0.1) is 11.8 Å². The van der Waals surface area contributed by atoms with Gasteiger partial charge in [0.05, 0.1) is 10.00 Å². The predicted octanol–water partition coefficient (Wildman–Crippen LogP) is 3.21. The van der Waals surface area contributed by atoms with Crippen molar-refractivity contribution in [2.24, 2.45) is 10.8 Å². The summed E-state index contributed by atoms with van der Waals surface area (Å²) < 4.78 is 16.8. The fourth-order valence-corrected chi connectivity index (χ4v) is 7.26. The molecule has 3 rings (SSSR count). The summed E-state index contributed by atoms with van der Waals surface area (Å²) >= 11 is 3.04. The van der Waals surface area contributed by atoms with Crippen LogP contribution in [0.1, 0.15) is 46.5 Å². The minimum atomic E-state index is -0.996. The van der Waals surface area contributed by atoms with E-state index in [2.05, 4.69) is 0 Å². The highest BCUT2D eigenvalue weighted by Crippen LogP contribution is 2.67. The van der Waals surface area contributed by atoms with Crippen LogP contribution < -0.4 is 0 Å². The molecule has 3 aliphatic rings. The Balaban J connectivity index is 1.77. The molecule has 3 unspecified atom stereocenters. The molecule has 2 aliphatic heterocycles. The van der Waals surface area contributed by atoms with Crippen LogP contribution in [0.3, 0.4) is 0 Å². The zero-order valence-corrected chi connectivity index (χ0v) is 16.6. The maximum Gasteiger partial charge on any atom is 0.313 e. The van der Waals surface area contributed by atoms with Crippen LogP contribution in [0.4, 0.5) is 0 Å². The topological polar surface area (TPSA) is 61.8 Å². The second kappa shape index (κ2) is 5.89. The van der Waals surface area contributed by atoms with Gasteiger partial charge in [0.25, 0.3) is 0 Å². The molecule has 0 aromatic carbocycles. The van der Waals surface area contributed by atoms with Gasteiger partial charge in [-0.2, -0.15) is 0 Å². The molecule has 24 heavy (non-hydrogen) atoms. The van der Waals surface area contributed by atoms with E-state index in [1.165, 1.54) is 11.8 Å². The lowest BCUT2D eigenvalue weighted by Crippen LogP contribution is -2.47. The van der Waals surface area contributed by atoms with Crippen LogP contribution in [-0.4, -0.2) is 47.0 Å². The first-order valence-electron chi connectivity index (χ1n) is 8.33. The van der Waals surface area contributed by atoms with Crippen molar-refractivity contribution in [2.45, 2.75) is 62.4 Å². The molecule has 1 aliphatic carbocycles. The van der Waals surface area contributed by atoms with E-state index in [-0.39, 0.29) is 15.7 Å². The smallest absolute Gasteiger partial charge is 0.313 e. The maximum atomic E-state index is 13.2. The number of thioether (sulfide) groups is 2. The maximum absolute atomic E-state index is 13.2. The molecule has 0 aromatic rings. The molecule has 3 fully saturated rings. The van der Waals surface area contributed by atoms with Gasteiger partial charge in [-0.25, -0.2) is 0 Å². The number of methoxy groups -OCH3 is 2. The predicted molar refractivity (Wildman–Crippen MR) is 94.8 cm³/mol. The molecule has 7 heteroatoms. The van der Waals surface area contributed by atoms with Gasteiger partial charge in [-0.3, -0.25) is 9.59 Å². The zero-order valence-electron chi connectivity index (χ0n) is 15.0. The van der Waals surface area contributed by atoms with Crippen molar-refractivity contribution in [3.05, 3.63) is 0 Å². The van der Waals surface area contributed by atoms with E-state index in [1.54, 1.807) is 26.0 Å². The lowest BCUT2D eigenvalue weighted by atomic mass is 9.67. The van der Waals surface area contributed by atoms with Crippen LogP contribution >= 0.6 is 23.5 Å². The second-order valence-electron chi connectivity index (χ2n) is 7.65. The summed E-state index contributed by atoms with van der Waals surface area (Å²) in [5, 5.41) is -0.0254. The van der Waals surface area contributed by atoms with Crippen molar-refractivity contribution >= 4 is 34.6 Å². The summed E-state index contributed by atoms with van der Waals surface area (Å²) in [6.07, 6.45) is 2.77. The summed E-state index contributed by atoms with van der Waals surface area (Å²) in [5.74, 6) is 0.0279. The van der Waals surface area contributed by atoms with Gasteiger partial charge >= 0.3 is 5.97 Å². The van der Waals surface area contributed by atoms with Crippen LogP contribution in [0.2, 0.25) is 0 Å². The van der Waals surface area contributed by atoms with E-state index in [9.17, 15) is 9.59 Å². The average Bonchev–Trinajstić information content (AvgIpc) is 2.85. The molecule has 0 N–H and O–H groups in total. The second-order valence-corrected chi connectivity index (χ2v) is 10.4. The van der Waals surface area contributed by atoms with Crippen molar-refractivity contribution in [1.82, 2.24) is 0 Å². The largest absolute Gasteiger partial charge is 0.449 e. The molecule has 2 saturated heterocycles. The lowest BCUT2D eigenvalue weighted by molar-refractivity contribution is -0.210. The van der Waals surface area contributed by atoms with Gasteiger partial charge in [-0.1, -0.05) is 25.6 Å². The summed E-state index contributed by atoms with van der Waals surface area (Å²) in [6, 6.07) is 0. The van der Waals surface area contributed by atoms with E-state index < -0.39 is 22.2 Å². The molecular formula is C17H26O5S2. The SMILES string of the molecule is COC1(OC)CCSC(SC(=O)C23CCC(C)(C(=O)O2)C3(C)C)C1. The lowest BCUT2D eigenvalue weighted by Gasteiger charge is -2.39.